The van der Waals surface area contributed by atoms with Crippen LogP contribution in [0.25, 0.3) is 0 Å². The molecule has 0 saturated carbocycles. The molecular formula is C16H20N4O2. The molecule has 1 fully saturated rings. The Morgan fingerprint density at radius 1 is 1.41 bits per heavy atom. The molecule has 1 heterocycles. The van der Waals surface area contributed by atoms with Crippen LogP contribution >= 0.6 is 0 Å². The average Bonchev–Trinajstić information content (AvgIpc) is 3.01. The van der Waals surface area contributed by atoms with Crippen LogP contribution in [0.1, 0.15) is 24.8 Å². The van der Waals surface area contributed by atoms with E-state index in [1.807, 2.05) is 30.3 Å². The Bertz CT molecular complexity index is 567. The van der Waals surface area contributed by atoms with Crippen molar-refractivity contribution in [2.24, 2.45) is 5.73 Å². The topological polar surface area (TPSA) is 99.2 Å². The molecule has 1 aliphatic heterocycles. The fourth-order valence-electron chi connectivity index (χ4n) is 2.53. The van der Waals surface area contributed by atoms with Gasteiger partial charge in [0, 0.05) is 13.1 Å². The molecule has 1 aliphatic rings. The van der Waals surface area contributed by atoms with Crippen molar-refractivity contribution in [3.05, 3.63) is 35.9 Å². The molecule has 2 amide bonds. The van der Waals surface area contributed by atoms with Gasteiger partial charge in [-0.15, -0.1) is 0 Å². The van der Waals surface area contributed by atoms with Crippen LogP contribution in [-0.2, 0) is 16.1 Å². The second-order valence-electron chi connectivity index (χ2n) is 5.39. The van der Waals surface area contributed by atoms with Crippen LogP contribution < -0.4 is 11.1 Å². The van der Waals surface area contributed by atoms with Crippen LogP contribution in [0.4, 0.5) is 0 Å². The van der Waals surface area contributed by atoms with Crippen molar-refractivity contribution in [2.75, 3.05) is 6.54 Å². The third-order valence-electron chi connectivity index (χ3n) is 3.74. The van der Waals surface area contributed by atoms with Crippen molar-refractivity contribution < 1.29 is 9.59 Å². The van der Waals surface area contributed by atoms with Crippen molar-refractivity contribution in [2.45, 2.75) is 37.9 Å². The molecule has 3 N–H and O–H groups in total. The standard InChI is InChI=1S/C16H20N4O2/c17-10-13-7-4-8-20(13)16(22)14(18)9-15(21)19-11-12-5-2-1-3-6-12/h1-3,5-6,13-14H,4,7-9,11,18H2,(H,19,21)/t13-,14-/m0/s1. The molecule has 22 heavy (non-hydrogen) atoms. The number of nitriles is 1. The van der Waals surface area contributed by atoms with Crippen molar-refractivity contribution >= 4 is 11.8 Å². The molecule has 0 radical (unpaired) electrons. The van der Waals surface area contributed by atoms with E-state index in [-0.39, 0.29) is 18.2 Å². The molecule has 1 aromatic carbocycles. The van der Waals surface area contributed by atoms with E-state index >= 15 is 0 Å². The summed E-state index contributed by atoms with van der Waals surface area (Å²) in [5.74, 6) is -0.587. The van der Waals surface area contributed by atoms with Gasteiger partial charge in [0.2, 0.25) is 11.8 Å². The lowest BCUT2D eigenvalue weighted by atomic mass is 10.1. The summed E-state index contributed by atoms with van der Waals surface area (Å²) in [5, 5.41) is 11.7. The summed E-state index contributed by atoms with van der Waals surface area (Å²) in [7, 11) is 0. The van der Waals surface area contributed by atoms with Crippen molar-refractivity contribution in [3.63, 3.8) is 0 Å². The van der Waals surface area contributed by atoms with E-state index in [9.17, 15) is 9.59 Å². The number of likely N-dealkylation sites (tertiary alicyclic amines) is 1. The van der Waals surface area contributed by atoms with Crippen molar-refractivity contribution in [1.82, 2.24) is 10.2 Å². The fourth-order valence-corrected chi connectivity index (χ4v) is 2.53. The van der Waals surface area contributed by atoms with Gasteiger partial charge in [-0.2, -0.15) is 5.26 Å². The first-order valence-electron chi connectivity index (χ1n) is 7.38. The Hall–Kier alpha value is -2.39. The number of carbonyl (C=O) groups is 2. The Kier molecular flexibility index (Phi) is 5.50. The van der Waals surface area contributed by atoms with Gasteiger partial charge in [0.05, 0.1) is 18.5 Å². The molecule has 0 aliphatic carbocycles. The molecule has 0 aromatic heterocycles. The largest absolute Gasteiger partial charge is 0.352 e. The van der Waals surface area contributed by atoms with Crippen molar-refractivity contribution in [1.29, 1.82) is 5.26 Å². The van der Waals surface area contributed by atoms with Gasteiger partial charge in [-0.3, -0.25) is 9.59 Å². The van der Waals surface area contributed by atoms with E-state index in [0.717, 1.165) is 12.0 Å². The van der Waals surface area contributed by atoms with Gasteiger partial charge in [0.15, 0.2) is 0 Å². The zero-order chi connectivity index (χ0) is 15.9. The van der Waals surface area contributed by atoms with Gasteiger partial charge >= 0.3 is 0 Å². The predicted molar refractivity (Wildman–Crippen MR) is 81.2 cm³/mol. The molecule has 0 spiro atoms. The Morgan fingerprint density at radius 3 is 2.82 bits per heavy atom. The van der Waals surface area contributed by atoms with Crippen LogP contribution in [0.3, 0.4) is 0 Å². The second kappa shape index (κ2) is 7.57. The zero-order valence-corrected chi connectivity index (χ0v) is 12.4. The third kappa shape index (κ3) is 4.06. The maximum Gasteiger partial charge on any atom is 0.241 e. The lowest BCUT2D eigenvalue weighted by Crippen LogP contribution is -2.47. The van der Waals surface area contributed by atoms with E-state index in [1.165, 1.54) is 4.90 Å². The molecular weight excluding hydrogens is 280 g/mol. The van der Waals surface area contributed by atoms with Crippen LogP contribution in [-0.4, -0.2) is 35.3 Å². The first-order chi connectivity index (χ1) is 10.6. The highest BCUT2D eigenvalue weighted by molar-refractivity contribution is 5.88. The van der Waals surface area contributed by atoms with Crippen molar-refractivity contribution in [3.8, 4) is 6.07 Å². The Labute approximate surface area is 129 Å². The number of hydrogen-bond acceptors (Lipinski definition) is 4. The minimum atomic E-state index is -0.898. The van der Waals surface area contributed by atoms with Crippen LogP contribution in [0.5, 0.6) is 0 Å². The van der Waals surface area contributed by atoms with E-state index in [2.05, 4.69) is 11.4 Å². The molecule has 0 bridgehead atoms. The monoisotopic (exact) mass is 300 g/mol. The number of nitrogens with two attached hydrogens (primary N) is 1. The highest BCUT2D eigenvalue weighted by Crippen LogP contribution is 2.17. The van der Waals surface area contributed by atoms with Crippen LogP contribution in [0.15, 0.2) is 30.3 Å². The van der Waals surface area contributed by atoms with Gasteiger partial charge < -0.3 is 16.0 Å². The smallest absolute Gasteiger partial charge is 0.241 e. The number of nitrogens with zero attached hydrogens (tertiary/aromatic N) is 2. The average molecular weight is 300 g/mol. The number of benzene rings is 1. The number of hydrogen-bond donors (Lipinski definition) is 2. The summed E-state index contributed by atoms with van der Waals surface area (Å²) in [4.78, 5) is 25.5. The molecule has 1 aromatic rings. The summed E-state index contributed by atoms with van der Waals surface area (Å²) in [6.45, 7) is 0.946. The highest BCUT2D eigenvalue weighted by atomic mass is 16.2. The molecule has 6 heteroatoms. The van der Waals surface area contributed by atoms with Gasteiger partial charge in [-0.1, -0.05) is 30.3 Å². The van der Waals surface area contributed by atoms with Crippen LogP contribution in [0, 0.1) is 11.3 Å². The lowest BCUT2D eigenvalue weighted by molar-refractivity contribution is -0.135. The van der Waals surface area contributed by atoms with E-state index in [4.69, 9.17) is 11.0 Å². The SMILES string of the molecule is N#C[C@@H]1CCCN1C(=O)[C@@H](N)CC(=O)NCc1ccccc1. The summed E-state index contributed by atoms with van der Waals surface area (Å²) in [6.07, 6.45) is 1.41. The Balaban J connectivity index is 1.81. The normalized spacial score (nSPS) is 18.5. The molecule has 2 rings (SSSR count). The van der Waals surface area contributed by atoms with E-state index < -0.39 is 12.1 Å². The first-order valence-corrected chi connectivity index (χ1v) is 7.38. The minimum Gasteiger partial charge on any atom is -0.352 e. The summed E-state index contributed by atoms with van der Waals surface area (Å²) >= 11 is 0. The first kappa shape index (κ1) is 16.0. The quantitative estimate of drug-likeness (QED) is 0.828. The van der Waals surface area contributed by atoms with E-state index in [0.29, 0.717) is 19.5 Å². The molecule has 116 valence electrons. The number of amides is 2. The van der Waals surface area contributed by atoms with Gasteiger partial charge in [0.25, 0.3) is 0 Å². The molecule has 1 saturated heterocycles. The highest BCUT2D eigenvalue weighted by Gasteiger charge is 2.32. The minimum absolute atomic E-state index is 0.0691. The molecule has 2 atom stereocenters. The predicted octanol–water partition coefficient (Wildman–Crippen LogP) is 0.535. The number of rotatable bonds is 5. The van der Waals surface area contributed by atoms with E-state index in [1.54, 1.807) is 0 Å². The van der Waals surface area contributed by atoms with Gasteiger partial charge in [-0.05, 0) is 18.4 Å². The maximum atomic E-state index is 12.2. The summed E-state index contributed by atoms with van der Waals surface area (Å²) < 4.78 is 0. The fraction of sp³-hybridized carbons (Fsp3) is 0.438. The summed E-state index contributed by atoms with van der Waals surface area (Å²) in [5.41, 5.74) is 6.81. The molecule has 6 nitrogen and oxygen atoms in total. The maximum absolute atomic E-state index is 12.2. The van der Waals surface area contributed by atoms with Gasteiger partial charge in [0.1, 0.15) is 6.04 Å². The van der Waals surface area contributed by atoms with Gasteiger partial charge in [-0.25, -0.2) is 0 Å². The second-order valence-corrected chi connectivity index (χ2v) is 5.39. The zero-order valence-electron chi connectivity index (χ0n) is 12.4. The number of nitrogens with one attached hydrogen (secondary N) is 1. The summed E-state index contributed by atoms with van der Waals surface area (Å²) in [6, 6.07) is 10.3. The van der Waals surface area contributed by atoms with Crippen LogP contribution in [0.2, 0.25) is 0 Å². The molecule has 0 unspecified atom stereocenters. The lowest BCUT2D eigenvalue weighted by Gasteiger charge is -2.23. The third-order valence-corrected chi connectivity index (χ3v) is 3.74. The number of carbonyl (C=O) groups excluding carboxylic acids is 2. The Morgan fingerprint density at radius 2 is 2.14 bits per heavy atom.